The van der Waals surface area contributed by atoms with Gasteiger partial charge in [-0.2, -0.15) is 4.68 Å². The van der Waals surface area contributed by atoms with Crippen LogP contribution in [0.25, 0.3) is 16.9 Å². The highest BCUT2D eigenvalue weighted by molar-refractivity contribution is 5.94. The van der Waals surface area contributed by atoms with Gasteiger partial charge in [-0.05, 0) is 43.3 Å². The maximum atomic E-state index is 12.8. The zero-order valence-corrected chi connectivity index (χ0v) is 18.0. The van der Waals surface area contributed by atoms with E-state index in [1.54, 1.807) is 11.8 Å². The van der Waals surface area contributed by atoms with Crippen LogP contribution in [0.4, 0.5) is 5.82 Å². The van der Waals surface area contributed by atoms with E-state index in [1.165, 1.54) is 6.33 Å². The van der Waals surface area contributed by atoms with Gasteiger partial charge in [0.2, 0.25) is 0 Å². The summed E-state index contributed by atoms with van der Waals surface area (Å²) >= 11 is 0. The van der Waals surface area contributed by atoms with Crippen LogP contribution in [0.1, 0.15) is 15.9 Å². The summed E-state index contributed by atoms with van der Waals surface area (Å²) in [5.74, 6) is 1.56. The number of carbonyl (C=O) groups is 1. The predicted molar refractivity (Wildman–Crippen MR) is 120 cm³/mol. The third-order valence-corrected chi connectivity index (χ3v) is 5.70. The van der Waals surface area contributed by atoms with Crippen molar-refractivity contribution in [3.8, 4) is 11.4 Å². The van der Waals surface area contributed by atoms with Gasteiger partial charge in [-0.25, -0.2) is 9.97 Å². The van der Waals surface area contributed by atoms with E-state index in [2.05, 4.69) is 25.2 Å². The van der Waals surface area contributed by atoms with Gasteiger partial charge in [-0.1, -0.05) is 22.9 Å². The maximum absolute atomic E-state index is 12.8. The second-order valence-corrected chi connectivity index (χ2v) is 7.71. The molecule has 1 aliphatic rings. The molecule has 1 aliphatic heterocycles. The third-order valence-electron chi connectivity index (χ3n) is 5.70. The number of hydrogen-bond acceptors (Lipinski definition) is 7. The summed E-state index contributed by atoms with van der Waals surface area (Å²) in [6.45, 7) is 4.58. The summed E-state index contributed by atoms with van der Waals surface area (Å²) in [7, 11) is 1.63. The lowest BCUT2D eigenvalue weighted by Gasteiger charge is -2.35. The summed E-state index contributed by atoms with van der Waals surface area (Å²) < 4.78 is 6.92. The van der Waals surface area contributed by atoms with Crippen molar-refractivity contribution >= 4 is 22.9 Å². The molecule has 5 rings (SSSR count). The van der Waals surface area contributed by atoms with Gasteiger partial charge in [-0.15, -0.1) is 5.10 Å². The maximum Gasteiger partial charge on any atom is 0.253 e. The number of ether oxygens (including phenoxy) is 1. The molecule has 2 aromatic heterocycles. The highest BCUT2D eigenvalue weighted by Crippen LogP contribution is 2.24. The molecule has 0 unspecified atom stereocenters. The van der Waals surface area contributed by atoms with Gasteiger partial charge < -0.3 is 14.5 Å². The molecule has 0 bridgehead atoms. The van der Waals surface area contributed by atoms with Gasteiger partial charge >= 0.3 is 0 Å². The van der Waals surface area contributed by atoms with Gasteiger partial charge in [-0.3, -0.25) is 4.79 Å². The smallest absolute Gasteiger partial charge is 0.253 e. The highest BCUT2D eigenvalue weighted by Gasteiger charge is 2.25. The zero-order chi connectivity index (χ0) is 22.1. The number of aryl methyl sites for hydroxylation is 1. The minimum absolute atomic E-state index is 0.0583. The lowest BCUT2D eigenvalue weighted by molar-refractivity contribution is 0.0746. The zero-order valence-electron chi connectivity index (χ0n) is 18.0. The molecule has 1 amide bonds. The lowest BCUT2D eigenvalue weighted by atomic mass is 10.1. The number of aromatic nitrogens is 5. The molecule has 32 heavy (non-hydrogen) atoms. The Kier molecular flexibility index (Phi) is 5.14. The Morgan fingerprint density at radius 1 is 0.938 bits per heavy atom. The molecule has 0 atom stereocenters. The van der Waals surface area contributed by atoms with Crippen molar-refractivity contribution in [1.29, 1.82) is 0 Å². The molecule has 2 aromatic carbocycles. The molecular formula is C23H23N7O2. The van der Waals surface area contributed by atoms with E-state index >= 15 is 0 Å². The number of amides is 1. The average molecular weight is 429 g/mol. The van der Waals surface area contributed by atoms with Crippen molar-refractivity contribution < 1.29 is 9.53 Å². The molecule has 0 aliphatic carbocycles. The third kappa shape index (κ3) is 3.62. The number of hydrogen-bond donors (Lipinski definition) is 0. The van der Waals surface area contributed by atoms with E-state index < -0.39 is 0 Å². The minimum atomic E-state index is 0.0583. The average Bonchev–Trinajstić information content (AvgIpc) is 3.29. The molecule has 3 heterocycles. The summed E-state index contributed by atoms with van der Waals surface area (Å²) in [4.78, 5) is 25.7. The van der Waals surface area contributed by atoms with Crippen LogP contribution in [0.2, 0.25) is 0 Å². The molecule has 9 heteroatoms. The summed E-state index contributed by atoms with van der Waals surface area (Å²) in [5.41, 5.74) is 3.98. The van der Waals surface area contributed by atoms with E-state index in [-0.39, 0.29) is 5.91 Å². The quantitative estimate of drug-likeness (QED) is 0.492. The molecule has 0 saturated carbocycles. The Hall–Kier alpha value is -4.01. The number of fused-ring (bicyclic) bond motifs is 1. The molecule has 0 N–H and O–H groups in total. The summed E-state index contributed by atoms with van der Waals surface area (Å²) in [6.07, 6.45) is 1.53. The topological polar surface area (TPSA) is 89.3 Å². The first-order chi connectivity index (χ1) is 15.6. The van der Waals surface area contributed by atoms with Crippen LogP contribution in [-0.4, -0.2) is 69.1 Å². The van der Waals surface area contributed by atoms with Crippen LogP contribution < -0.4 is 9.64 Å². The van der Waals surface area contributed by atoms with Gasteiger partial charge in [0.1, 0.15) is 12.1 Å². The van der Waals surface area contributed by atoms with Crippen molar-refractivity contribution in [2.45, 2.75) is 6.92 Å². The van der Waals surface area contributed by atoms with Crippen molar-refractivity contribution in [3.05, 3.63) is 66.0 Å². The number of piperazine rings is 1. The second kappa shape index (κ2) is 8.26. The predicted octanol–water partition coefficient (Wildman–Crippen LogP) is 2.49. The van der Waals surface area contributed by atoms with E-state index in [0.29, 0.717) is 37.3 Å². The molecule has 0 radical (unpaired) electrons. The van der Waals surface area contributed by atoms with Gasteiger partial charge in [0.15, 0.2) is 17.0 Å². The van der Waals surface area contributed by atoms with E-state index in [1.807, 2.05) is 60.4 Å². The molecule has 162 valence electrons. The first-order valence-electron chi connectivity index (χ1n) is 10.5. The van der Waals surface area contributed by atoms with Gasteiger partial charge in [0, 0.05) is 31.7 Å². The standard InChI is InChI=1S/C23H23N7O2/c1-16-3-5-17(6-4-16)23(31)29-13-11-28(12-14-29)21-20-22(25-15-24-21)30(27-26-20)18-7-9-19(32-2)10-8-18/h3-10,15H,11-14H2,1-2H3. The molecular weight excluding hydrogens is 406 g/mol. The van der Waals surface area contributed by atoms with Crippen LogP contribution in [0, 0.1) is 6.92 Å². The van der Waals surface area contributed by atoms with Crippen LogP contribution >= 0.6 is 0 Å². The van der Waals surface area contributed by atoms with Crippen molar-refractivity contribution in [2.24, 2.45) is 0 Å². The van der Waals surface area contributed by atoms with Crippen LogP contribution in [-0.2, 0) is 0 Å². The molecule has 1 saturated heterocycles. The van der Waals surface area contributed by atoms with Crippen LogP contribution in [0.15, 0.2) is 54.9 Å². The molecule has 1 fully saturated rings. The Morgan fingerprint density at radius 2 is 1.66 bits per heavy atom. The summed E-state index contributed by atoms with van der Waals surface area (Å²) in [6, 6.07) is 15.3. The first kappa shape index (κ1) is 19.9. The lowest BCUT2D eigenvalue weighted by Crippen LogP contribution is -2.49. The number of rotatable bonds is 4. The van der Waals surface area contributed by atoms with Crippen molar-refractivity contribution in [1.82, 2.24) is 29.9 Å². The number of methoxy groups -OCH3 is 1. The normalized spacial score (nSPS) is 14.1. The molecule has 9 nitrogen and oxygen atoms in total. The molecule has 4 aromatic rings. The summed E-state index contributed by atoms with van der Waals surface area (Å²) in [5, 5.41) is 8.66. The van der Waals surface area contributed by atoms with Crippen LogP contribution in [0.5, 0.6) is 5.75 Å². The Labute approximate surface area is 185 Å². The van der Waals surface area contributed by atoms with E-state index in [4.69, 9.17) is 4.74 Å². The van der Waals surface area contributed by atoms with Crippen molar-refractivity contribution in [3.63, 3.8) is 0 Å². The Balaban J connectivity index is 1.35. The second-order valence-electron chi connectivity index (χ2n) is 7.71. The number of anilines is 1. The number of carbonyl (C=O) groups excluding carboxylic acids is 1. The number of benzene rings is 2. The minimum Gasteiger partial charge on any atom is -0.497 e. The SMILES string of the molecule is COc1ccc(-n2nnc3c(N4CCN(C(=O)c5ccc(C)cc5)CC4)ncnc32)cc1. The van der Waals surface area contributed by atoms with Crippen molar-refractivity contribution in [2.75, 3.05) is 38.2 Å². The van der Waals surface area contributed by atoms with E-state index in [0.717, 1.165) is 28.4 Å². The largest absolute Gasteiger partial charge is 0.497 e. The first-order valence-corrected chi connectivity index (χ1v) is 10.5. The molecule has 0 spiro atoms. The Morgan fingerprint density at radius 3 is 2.34 bits per heavy atom. The highest BCUT2D eigenvalue weighted by atomic mass is 16.5. The van der Waals surface area contributed by atoms with Gasteiger partial charge in [0.05, 0.1) is 12.8 Å². The fourth-order valence-electron chi connectivity index (χ4n) is 3.87. The van der Waals surface area contributed by atoms with Gasteiger partial charge in [0.25, 0.3) is 5.91 Å². The number of nitrogens with zero attached hydrogens (tertiary/aromatic N) is 7. The fraction of sp³-hybridized carbons (Fsp3) is 0.261. The monoisotopic (exact) mass is 429 g/mol. The van der Waals surface area contributed by atoms with Crippen LogP contribution in [0.3, 0.4) is 0 Å². The van der Waals surface area contributed by atoms with E-state index in [9.17, 15) is 4.79 Å². The Bertz CT molecular complexity index is 1240. The fourth-order valence-corrected chi connectivity index (χ4v) is 3.87.